The molecule has 0 bridgehead atoms. The Bertz CT molecular complexity index is 1510. The molecule has 1 fully saturated rings. The van der Waals surface area contributed by atoms with Gasteiger partial charge in [-0.25, -0.2) is 9.37 Å². The predicted octanol–water partition coefficient (Wildman–Crippen LogP) is 5.00. The molecule has 4 aromatic rings. The molecule has 0 spiro atoms. The Labute approximate surface area is 209 Å². The maximum Gasteiger partial charge on any atom is 0.302 e. The topological polar surface area (TPSA) is 105 Å². The molecule has 1 aromatic heterocycles. The van der Waals surface area contributed by atoms with Crippen molar-refractivity contribution in [1.29, 1.82) is 0 Å². The van der Waals surface area contributed by atoms with E-state index >= 15 is 0 Å². The summed E-state index contributed by atoms with van der Waals surface area (Å²) in [5.74, 6) is -2.37. The number of nitrogens with one attached hydrogen (secondary N) is 1. The molecule has 2 heterocycles. The third-order valence-corrected chi connectivity index (χ3v) is 6.26. The van der Waals surface area contributed by atoms with Crippen molar-refractivity contribution in [2.45, 2.75) is 6.04 Å². The summed E-state index contributed by atoms with van der Waals surface area (Å²) in [5.41, 5.74) is 1.48. The molecule has 10 heteroatoms. The summed E-state index contributed by atoms with van der Waals surface area (Å²) < 4.78 is 24.4. The first-order chi connectivity index (χ1) is 17.3. The number of carbonyl (C=O) groups excluding carboxylic acids is 2. The first-order valence-corrected chi connectivity index (χ1v) is 11.1. The normalized spacial score (nSPS) is 17.1. The maximum absolute atomic E-state index is 13.8. The van der Waals surface area contributed by atoms with Crippen molar-refractivity contribution >= 4 is 46.0 Å². The summed E-state index contributed by atoms with van der Waals surface area (Å²) in [6, 6.07) is 14.1. The van der Waals surface area contributed by atoms with Gasteiger partial charge in [0.25, 0.3) is 5.78 Å². The molecule has 0 saturated carbocycles. The van der Waals surface area contributed by atoms with Gasteiger partial charge in [-0.05, 0) is 35.9 Å². The number of para-hydroxylation sites is 2. The maximum atomic E-state index is 13.8. The Balaban J connectivity index is 1.76. The zero-order valence-electron chi connectivity index (χ0n) is 19.1. The summed E-state index contributed by atoms with van der Waals surface area (Å²) in [5, 5.41) is 11.6. The fourth-order valence-electron chi connectivity index (χ4n) is 4.26. The van der Waals surface area contributed by atoms with E-state index in [1.54, 1.807) is 24.3 Å². The number of aliphatic hydroxyl groups excluding tert-OH is 1. The van der Waals surface area contributed by atoms with E-state index < -0.39 is 29.3 Å². The molecule has 0 aliphatic carbocycles. The summed E-state index contributed by atoms with van der Waals surface area (Å²) in [4.78, 5) is 35.4. The van der Waals surface area contributed by atoms with Crippen molar-refractivity contribution < 1.29 is 28.6 Å². The summed E-state index contributed by atoms with van der Waals surface area (Å²) in [6.45, 7) is 0. The van der Waals surface area contributed by atoms with Crippen molar-refractivity contribution in [3.63, 3.8) is 0 Å². The second-order valence-corrected chi connectivity index (χ2v) is 8.39. The van der Waals surface area contributed by atoms with Gasteiger partial charge in [0.2, 0.25) is 5.95 Å². The van der Waals surface area contributed by atoms with Gasteiger partial charge in [-0.15, -0.1) is 0 Å². The van der Waals surface area contributed by atoms with Gasteiger partial charge >= 0.3 is 5.91 Å². The summed E-state index contributed by atoms with van der Waals surface area (Å²) in [6.07, 6.45) is 0. The highest BCUT2D eigenvalue weighted by atomic mass is 35.5. The van der Waals surface area contributed by atoms with Gasteiger partial charge in [0, 0.05) is 6.07 Å². The number of aromatic amines is 1. The summed E-state index contributed by atoms with van der Waals surface area (Å²) in [7, 11) is 2.77. The molecular weight excluding hydrogens is 489 g/mol. The number of aromatic nitrogens is 2. The van der Waals surface area contributed by atoms with E-state index in [2.05, 4.69) is 9.97 Å². The number of aliphatic hydroxyl groups is 1. The number of ether oxygens (including phenoxy) is 2. The molecule has 1 aliphatic rings. The number of nitrogens with zero attached hydrogens (tertiary/aromatic N) is 2. The molecule has 36 heavy (non-hydrogen) atoms. The van der Waals surface area contributed by atoms with Crippen molar-refractivity contribution in [3.05, 3.63) is 88.2 Å². The minimum Gasteiger partial charge on any atom is -0.507 e. The highest BCUT2D eigenvalue weighted by Crippen LogP contribution is 2.44. The second-order valence-electron chi connectivity index (χ2n) is 7.99. The lowest BCUT2D eigenvalue weighted by molar-refractivity contribution is -0.132. The number of halogens is 2. The van der Waals surface area contributed by atoms with Crippen LogP contribution in [0, 0.1) is 5.82 Å². The Kier molecular flexibility index (Phi) is 5.85. The van der Waals surface area contributed by atoms with E-state index in [-0.39, 0.29) is 33.6 Å². The molecule has 0 radical (unpaired) electrons. The van der Waals surface area contributed by atoms with E-state index in [0.717, 1.165) is 4.90 Å². The van der Waals surface area contributed by atoms with Gasteiger partial charge in [0.15, 0.2) is 0 Å². The van der Waals surface area contributed by atoms with Crippen molar-refractivity contribution in [1.82, 2.24) is 9.97 Å². The number of rotatable bonds is 5. The third kappa shape index (κ3) is 3.74. The number of hydrogen-bond acceptors (Lipinski definition) is 6. The van der Waals surface area contributed by atoms with Crippen LogP contribution in [0.5, 0.6) is 11.5 Å². The number of Topliss-reactive ketones (excluding diaryl/α,β-unsaturated/α-hetero) is 1. The van der Waals surface area contributed by atoms with Gasteiger partial charge < -0.3 is 19.6 Å². The molecule has 182 valence electrons. The number of methoxy groups -OCH3 is 2. The Morgan fingerprint density at radius 2 is 1.75 bits per heavy atom. The molecule has 1 aliphatic heterocycles. The number of anilines is 1. The Morgan fingerprint density at radius 1 is 1.06 bits per heavy atom. The SMILES string of the molecule is COc1cc(/C(O)=C2\C(=O)C(=O)N(c3nc4ccccc4[nH]3)C2c2ccc(F)cc2)c(OC)cc1Cl. The number of H-pyrrole nitrogens is 1. The first kappa shape index (κ1) is 23.4. The zero-order valence-corrected chi connectivity index (χ0v) is 19.8. The zero-order chi connectivity index (χ0) is 25.6. The van der Waals surface area contributed by atoms with Gasteiger partial charge in [-0.1, -0.05) is 35.9 Å². The van der Waals surface area contributed by atoms with Crippen LogP contribution in [0.3, 0.4) is 0 Å². The van der Waals surface area contributed by atoms with Crippen LogP contribution in [0.1, 0.15) is 17.2 Å². The van der Waals surface area contributed by atoms with Crippen molar-refractivity contribution in [2.24, 2.45) is 0 Å². The quantitative estimate of drug-likeness (QED) is 0.224. The van der Waals surface area contributed by atoms with E-state index in [1.807, 2.05) is 0 Å². The van der Waals surface area contributed by atoms with Crippen molar-refractivity contribution in [2.75, 3.05) is 19.1 Å². The van der Waals surface area contributed by atoms with Crippen LogP contribution >= 0.6 is 11.6 Å². The van der Waals surface area contributed by atoms with Crippen LogP contribution in [0.15, 0.2) is 66.2 Å². The molecular formula is C26H19ClFN3O5. The monoisotopic (exact) mass is 507 g/mol. The van der Waals surface area contributed by atoms with Gasteiger partial charge in [0.05, 0.1) is 47.5 Å². The molecule has 1 saturated heterocycles. The number of ketones is 1. The lowest BCUT2D eigenvalue weighted by Crippen LogP contribution is -2.30. The predicted molar refractivity (Wildman–Crippen MR) is 132 cm³/mol. The van der Waals surface area contributed by atoms with Crippen LogP contribution in [-0.2, 0) is 9.59 Å². The fourth-order valence-corrected chi connectivity index (χ4v) is 4.49. The van der Waals surface area contributed by atoms with Crippen LogP contribution in [0.2, 0.25) is 5.02 Å². The van der Waals surface area contributed by atoms with E-state index in [0.29, 0.717) is 16.6 Å². The number of carbonyl (C=O) groups is 2. The van der Waals surface area contributed by atoms with E-state index in [1.165, 1.54) is 50.6 Å². The van der Waals surface area contributed by atoms with Crippen molar-refractivity contribution in [3.8, 4) is 11.5 Å². The van der Waals surface area contributed by atoms with Crippen LogP contribution < -0.4 is 14.4 Å². The standard InChI is InChI=1S/C26H19ClFN3O5/c1-35-19-12-16(27)20(36-2)11-15(19)23(32)21-22(13-7-9-14(28)10-8-13)31(25(34)24(21)33)26-29-17-5-3-4-6-18(17)30-26/h3-12,22,32H,1-2H3,(H,29,30)/b23-21+. The minimum atomic E-state index is -1.11. The lowest BCUT2D eigenvalue weighted by atomic mass is 9.95. The Hall–Kier alpha value is -4.37. The molecule has 5 rings (SSSR count). The highest BCUT2D eigenvalue weighted by Gasteiger charge is 2.48. The number of benzene rings is 3. The summed E-state index contributed by atoms with van der Waals surface area (Å²) >= 11 is 6.20. The minimum absolute atomic E-state index is 0.0912. The molecule has 2 N–H and O–H groups in total. The second kappa shape index (κ2) is 9.01. The molecule has 1 amide bonds. The number of fused-ring (bicyclic) bond motifs is 1. The van der Waals surface area contributed by atoms with Crippen LogP contribution in [0.25, 0.3) is 16.8 Å². The molecule has 3 aromatic carbocycles. The number of imidazole rings is 1. The Morgan fingerprint density at radius 3 is 2.42 bits per heavy atom. The molecule has 8 nitrogen and oxygen atoms in total. The average Bonchev–Trinajstić information content (AvgIpc) is 3.42. The van der Waals surface area contributed by atoms with Crippen LogP contribution in [0.4, 0.5) is 10.3 Å². The average molecular weight is 508 g/mol. The smallest absolute Gasteiger partial charge is 0.302 e. The third-order valence-electron chi connectivity index (χ3n) is 5.96. The number of amides is 1. The van der Waals surface area contributed by atoms with Gasteiger partial charge in [-0.3, -0.25) is 14.5 Å². The lowest BCUT2D eigenvalue weighted by Gasteiger charge is -2.23. The van der Waals surface area contributed by atoms with Gasteiger partial charge in [0.1, 0.15) is 23.1 Å². The van der Waals surface area contributed by atoms with Gasteiger partial charge in [-0.2, -0.15) is 0 Å². The number of hydrogen-bond donors (Lipinski definition) is 2. The van der Waals surface area contributed by atoms with Crippen LogP contribution in [-0.4, -0.2) is 41.0 Å². The molecule has 1 atom stereocenters. The molecule has 1 unspecified atom stereocenters. The fraction of sp³-hybridized carbons (Fsp3) is 0.115. The highest BCUT2D eigenvalue weighted by molar-refractivity contribution is 6.51. The first-order valence-electron chi connectivity index (χ1n) is 10.8. The van der Waals surface area contributed by atoms with E-state index in [4.69, 9.17) is 21.1 Å². The largest absolute Gasteiger partial charge is 0.507 e. The van der Waals surface area contributed by atoms with E-state index in [9.17, 15) is 19.1 Å².